The van der Waals surface area contributed by atoms with Gasteiger partial charge in [-0.1, -0.05) is 23.9 Å². The molecular formula is C18H19FN4O2S. The molecule has 136 valence electrons. The van der Waals surface area contributed by atoms with Crippen LogP contribution < -0.4 is 5.32 Å². The molecule has 0 fully saturated rings. The van der Waals surface area contributed by atoms with Gasteiger partial charge in [-0.05, 0) is 39.0 Å². The lowest BCUT2D eigenvalue weighted by atomic mass is 10.2. The maximum atomic E-state index is 13.7. The van der Waals surface area contributed by atoms with E-state index in [1.54, 1.807) is 25.3 Å². The lowest BCUT2D eigenvalue weighted by Crippen LogP contribution is -2.23. The predicted octanol–water partition coefficient (Wildman–Crippen LogP) is 4.12. The van der Waals surface area contributed by atoms with Gasteiger partial charge in [0, 0.05) is 6.54 Å². The number of carbonyl (C=O) groups is 1. The van der Waals surface area contributed by atoms with Gasteiger partial charge in [0.15, 0.2) is 11.0 Å². The summed E-state index contributed by atoms with van der Waals surface area (Å²) >= 11 is 1.28. The number of aromatic nitrogens is 3. The van der Waals surface area contributed by atoms with Crippen molar-refractivity contribution in [2.75, 3.05) is 5.32 Å². The second-order valence-corrected chi connectivity index (χ2v) is 6.98. The average molecular weight is 374 g/mol. The summed E-state index contributed by atoms with van der Waals surface area (Å²) in [6.07, 6.45) is 1.61. The molecule has 0 radical (unpaired) electrons. The fourth-order valence-electron chi connectivity index (χ4n) is 2.49. The number of hydrogen-bond donors (Lipinski definition) is 1. The van der Waals surface area contributed by atoms with E-state index in [1.165, 1.54) is 23.9 Å². The maximum absolute atomic E-state index is 13.7. The predicted molar refractivity (Wildman–Crippen MR) is 98.5 cm³/mol. The molecule has 6 nitrogen and oxygen atoms in total. The Kier molecular flexibility index (Phi) is 5.41. The molecule has 0 saturated heterocycles. The van der Waals surface area contributed by atoms with E-state index in [0.29, 0.717) is 17.5 Å². The van der Waals surface area contributed by atoms with Crippen LogP contribution in [0.3, 0.4) is 0 Å². The number of thioether (sulfide) groups is 1. The fraction of sp³-hybridized carbons (Fsp3) is 0.278. The fourth-order valence-corrected chi connectivity index (χ4v) is 3.40. The third-order valence-electron chi connectivity index (χ3n) is 3.92. The van der Waals surface area contributed by atoms with Gasteiger partial charge in [0.1, 0.15) is 11.6 Å². The number of nitrogens with one attached hydrogen (secondary N) is 1. The lowest BCUT2D eigenvalue weighted by molar-refractivity contribution is -0.115. The normalized spacial score (nSPS) is 12.2. The smallest absolute Gasteiger partial charge is 0.237 e. The monoisotopic (exact) mass is 374 g/mol. The van der Waals surface area contributed by atoms with Crippen LogP contribution in [-0.4, -0.2) is 25.9 Å². The SMILES string of the molecule is CCn1c(SC(C)C(=O)Nc2ccccc2F)nnc1-c1ccoc1C. The number of halogens is 1. The summed E-state index contributed by atoms with van der Waals surface area (Å²) in [4.78, 5) is 12.4. The summed E-state index contributed by atoms with van der Waals surface area (Å²) in [5, 5.41) is 11.2. The summed E-state index contributed by atoms with van der Waals surface area (Å²) in [7, 11) is 0. The number of para-hydroxylation sites is 1. The molecule has 1 atom stereocenters. The van der Waals surface area contributed by atoms with Crippen molar-refractivity contribution in [3.63, 3.8) is 0 Å². The number of anilines is 1. The first-order chi connectivity index (χ1) is 12.5. The van der Waals surface area contributed by atoms with Crippen molar-refractivity contribution in [3.8, 4) is 11.4 Å². The zero-order valence-electron chi connectivity index (χ0n) is 14.7. The molecule has 1 unspecified atom stereocenters. The van der Waals surface area contributed by atoms with Crippen LogP contribution in [0, 0.1) is 12.7 Å². The summed E-state index contributed by atoms with van der Waals surface area (Å²) in [6, 6.07) is 7.92. The second kappa shape index (κ2) is 7.74. The minimum absolute atomic E-state index is 0.164. The number of amides is 1. The van der Waals surface area contributed by atoms with Gasteiger partial charge in [-0.3, -0.25) is 4.79 Å². The van der Waals surface area contributed by atoms with Crippen molar-refractivity contribution in [2.45, 2.75) is 37.7 Å². The number of hydrogen-bond acceptors (Lipinski definition) is 5. The number of carbonyl (C=O) groups excluding carboxylic acids is 1. The molecule has 26 heavy (non-hydrogen) atoms. The van der Waals surface area contributed by atoms with Crippen LogP contribution in [0.1, 0.15) is 19.6 Å². The van der Waals surface area contributed by atoms with Crippen LogP contribution in [0.5, 0.6) is 0 Å². The van der Waals surface area contributed by atoms with E-state index in [2.05, 4.69) is 15.5 Å². The third-order valence-corrected chi connectivity index (χ3v) is 5.00. The third kappa shape index (κ3) is 3.65. The van der Waals surface area contributed by atoms with Crippen molar-refractivity contribution in [1.82, 2.24) is 14.8 Å². The Morgan fingerprint density at radius 3 is 2.77 bits per heavy atom. The Morgan fingerprint density at radius 1 is 1.35 bits per heavy atom. The molecule has 8 heteroatoms. The van der Waals surface area contributed by atoms with Crippen LogP contribution in [0.15, 0.2) is 46.2 Å². The molecule has 1 amide bonds. The quantitative estimate of drug-likeness (QED) is 0.657. The van der Waals surface area contributed by atoms with Crippen molar-refractivity contribution in [2.24, 2.45) is 0 Å². The zero-order chi connectivity index (χ0) is 18.7. The van der Waals surface area contributed by atoms with Crippen LogP contribution >= 0.6 is 11.8 Å². The molecule has 2 aromatic heterocycles. The molecule has 0 aliphatic heterocycles. The van der Waals surface area contributed by atoms with E-state index in [4.69, 9.17) is 4.42 Å². The molecule has 1 N–H and O–H groups in total. The molecular weight excluding hydrogens is 355 g/mol. The van der Waals surface area contributed by atoms with Gasteiger partial charge in [0.2, 0.25) is 5.91 Å². The summed E-state index contributed by atoms with van der Waals surface area (Å²) < 4.78 is 21.0. The van der Waals surface area contributed by atoms with Crippen LogP contribution in [0.2, 0.25) is 0 Å². The van der Waals surface area contributed by atoms with Crippen LogP contribution in [0.4, 0.5) is 10.1 Å². The summed E-state index contributed by atoms with van der Waals surface area (Å²) in [6.45, 7) is 6.24. The van der Waals surface area contributed by atoms with E-state index in [-0.39, 0.29) is 11.6 Å². The van der Waals surface area contributed by atoms with Crippen LogP contribution in [0.25, 0.3) is 11.4 Å². The van der Waals surface area contributed by atoms with E-state index in [9.17, 15) is 9.18 Å². The molecule has 0 bridgehead atoms. The van der Waals surface area contributed by atoms with Crippen molar-refractivity contribution in [3.05, 3.63) is 48.2 Å². The Balaban J connectivity index is 1.76. The maximum Gasteiger partial charge on any atom is 0.237 e. The van der Waals surface area contributed by atoms with Gasteiger partial charge >= 0.3 is 0 Å². The number of aryl methyl sites for hydroxylation is 1. The number of furan rings is 1. The number of rotatable bonds is 6. The summed E-state index contributed by atoms with van der Waals surface area (Å²) in [5.74, 6) is 0.691. The lowest BCUT2D eigenvalue weighted by Gasteiger charge is -2.13. The minimum atomic E-state index is -0.470. The highest BCUT2D eigenvalue weighted by atomic mass is 32.2. The largest absolute Gasteiger partial charge is 0.469 e. The van der Waals surface area contributed by atoms with Crippen LogP contribution in [-0.2, 0) is 11.3 Å². The first-order valence-corrected chi connectivity index (χ1v) is 9.09. The standard InChI is InChI=1S/C18H19FN4O2S/c1-4-23-16(13-9-10-25-11(13)2)21-22-18(23)26-12(3)17(24)20-15-8-6-5-7-14(15)19/h5-10,12H,4H2,1-3H3,(H,20,24). The Bertz CT molecular complexity index is 922. The highest BCUT2D eigenvalue weighted by Crippen LogP contribution is 2.29. The van der Waals surface area contributed by atoms with Gasteiger partial charge in [-0.25, -0.2) is 4.39 Å². The zero-order valence-corrected chi connectivity index (χ0v) is 15.5. The topological polar surface area (TPSA) is 73.0 Å². The Labute approximate surface area is 154 Å². The Morgan fingerprint density at radius 2 is 2.12 bits per heavy atom. The molecule has 2 heterocycles. The van der Waals surface area contributed by atoms with Gasteiger partial charge in [0.25, 0.3) is 0 Å². The molecule has 0 aliphatic carbocycles. The van der Waals surface area contributed by atoms with Crippen molar-refractivity contribution < 1.29 is 13.6 Å². The molecule has 3 rings (SSSR count). The Hall–Kier alpha value is -2.61. The van der Waals surface area contributed by atoms with Gasteiger partial charge in [-0.15, -0.1) is 10.2 Å². The van der Waals surface area contributed by atoms with Crippen molar-refractivity contribution >= 4 is 23.4 Å². The highest BCUT2D eigenvalue weighted by Gasteiger charge is 2.22. The average Bonchev–Trinajstić information content (AvgIpc) is 3.22. The van der Waals surface area contributed by atoms with E-state index in [0.717, 1.165) is 11.3 Å². The van der Waals surface area contributed by atoms with Gasteiger partial charge in [-0.2, -0.15) is 0 Å². The van der Waals surface area contributed by atoms with E-state index < -0.39 is 11.1 Å². The highest BCUT2D eigenvalue weighted by molar-refractivity contribution is 8.00. The first-order valence-electron chi connectivity index (χ1n) is 8.21. The first kappa shape index (κ1) is 18.2. The molecule has 1 aromatic carbocycles. The van der Waals surface area contributed by atoms with Gasteiger partial charge < -0.3 is 14.3 Å². The van der Waals surface area contributed by atoms with Crippen molar-refractivity contribution in [1.29, 1.82) is 0 Å². The van der Waals surface area contributed by atoms with E-state index in [1.807, 2.05) is 24.5 Å². The van der Waals surface area contributed by atoms with Gasteiger partial charge in [0.05, 0.1) is 22.8 Å². The minimum Gasteiger partial charge on any atom is -0.469 e. The number of benzene rings is 1. The molecule has 0 aliphatic rings. The van der Waals surface area contributed by atoms with E-state index >= 15 is 0 Å². The molecule has 0 spiro atoms. The molecule has 3 aromatic rings. The summed E-state index contributed by atoms with van der Waals surface area (Å²) in [5.41, 5.74) is 1.03. The second-order valence-electron chi connectivity index (χ2n) is 5.67. The molecule has 0 saturated carbocycles. The number of nitrogens with zero attached hydrogens (tertiary/aromatic N) is 3.